The van der Waals surface area contributed by atoms with E-state index in [4.69, 9.17) is 0 Å². The summed E-state index contributed by atoms with van der Waals surface area (Å²) < 4.78 is 49.7. The lowest BCUT2D eigenvalue weighted by atomic mass is 9.86. The standard InChI is InChI=1S/C31H32N2O4S2/c1-38(34,35)33(39(2,36)37)30-16-8-5-12-26(30)13-9-21-32-22-19-27(20-23-32)31-28-14-6-3-10-24(28)17-18-25-11-4-7-15-29(25)31/h3-18H,19-23H2,1-2H3/b13-9+. The fraction of sp³-hybridized carbons (Fsp3) is 0.226. The molecule has 202 valence electrons. The normalized spacial score (nSPS) is 16.2. The Kier molecular flexibility index (Phi) is 7.62. The van der Waals surface area contributed by atoms with Crippen LogP contribution < -0.4 is 3.71 Å². The van der Waals surface area contributed by atoms with E-state index < -0.39 is 20.0 Å². The van der Waals surface area contributed by atoms with Crippen LogP contribution in [0.4, 0.5) is 5.69 Å². The summed E-state index contributed by atoms with van der Waals surface area (Å²) in [5.74, 6) is 0. The van der Waals surface area contributed by atoms with Gasteiger partial charge in [-0.25, -0.2) is 16.8 Å². The third-order valence-corrected chi connectivity index (χ3v) is 10.3. The molecule has 1 aliphatic heterocycles. The number of hydrogen-bond donors (Lipinski definition) is 0. The monoisotopic (exact) mass is 560 g/mol. The maximum Gasteiger partial charge on any atom is 0.245 e. The first-order valence-corrected chi connectivity index (χ1v) is 16.6. The summed E-state index contributed by atoms with van der Waals surface area (Å²) in [5.41, 5.74) is 8.49. The van der Waals surface area contributed by atoms with Gasteiger partial charge < -0.3 is 0 Å². The van der Waals surface area contributed by atoms with Gasteiger partial charge in [0.15, 0.2) is 0 Å². The van der Waals surface area contributed by atoms with E-state index in [1.54, 1.807) is 24.3 Å². The van der Waals surface area contributed by atoms with Gasteiger partial charge >= 0.3 is 0 Å². The lowest BCUT2D eigenvalue weighted by molar-refractivity contribution is 0.284. The summed E-state index contributed by atoms with van der Waals surface area (Å²) in [6, 6.07) is 23.8. The van der Waals surface area contributed by atoms with Gasteiger partial charge in [-0.2, -0.15) is 3.71 Å². The van der Waals surface area contributed by atoms with Crippen LogP contribution in [-0.2, 0) is 20.0 Å². The van der Waals surface area contributed by atoms with E-state index in [0.29, 0.717) is 15.8 Å². The van der Waals surface area contributed by atoms with Crippen LogP contribution in [0.25, 0.3) is 23.8 Å². The molecule has 1 aliphatic carbocycles. The predicted molar refractivity (Wildman–Crippen MR) is 161 cm³/mol. The smallest absolute Gasteiger partial charge is 0.245 e. The first kappa shape index (κ1) is 27.1. The summed E-state index contributed by atoms with van der Waals surface area (Å²) in [4.78, 5) is 2.36. The van der Waals surface area contributed by atoms with E-state index in [1.807, 2.05) is 6.08 Å². The Bertz CT molecular complexity index is 1610. The first-order chi connectivity index (χ1) is 18.6. The quantitative estimate of drug-likeness (QED) is 0.311. The molecule has 0 bridgehead atoms. The Morgan fingerprint density at radius 3 is 1.82 bits per heavy atom. The average Bonchev–Trinajstić information content (AvgIpc) is 3.06. The molecule has 0 unspecified atom stereocenters. The van der Waals surface area contributed by atoms with Crippen LogP contribution >= 0.6 is 0 Å². The van der Waals surface area contributed by atoms with Crippen LogP contribution in [0.1, 0.15) is 40.7 Å². The van der Waals surface area contributed by atoms with E-state index in [0.717, 1.165) is 38.4 Å². The van der Waals surface area contributed by atoms with Crippen LogP contribution in [0, 0.1) is 0 Å². The molecule has 0 amide bonds. The van der Waals surface area contributed by atoms with E-state index >= 15 is 0 Å². The molecular weight excluding hydrogens is 528 g/mol. The van der Waals surface area contributed by atoms with E-state index in [9.17, 15) is 16.8 Å². The number of likely N-dealkylation sites (tertiary alicyclic amines) is 1. The SMILES string of the molecule is CS(=O)(=O)N(c1ccccc1/C=C/CN1CCC(=C2c3ccccc3C=Cc3ccccc32)CC1)S(C)(=O)=O. The van der Waals surface area contributed by atoms with E-state index in [-0.39, 0.29) is 5.69 Å². The van der Waals surface area contributed by atoms with Crippen molar-refractivity contribution < 1.29 is 16.8 Å². The number of sulfonamides is 2. The molecule has 39 heavy (non-hydrogen) atoms. The van der Waals surface area contributed by atoms with Crippen molar-refractivity contribution in [3.8, 4) is 0 Å². The van der Waals surface area contributed by atoms with Crippen molar-refractivity contribution in [2.45, 2.75) is 12.8 Å². The molecule has 0 N–H and O–H groups in total. The molecule has 0 spiro atoms. The first-order valence-electron chi connectivity index (χ1n) is 12.9. The Balaban J connectivity index is 1.35. The molecule has 3 aromatic rings. The van der Waals surface area contributed by atoms with Crippen molar-refractivity contribution in [2.24, 2.45) is 0 Å². The summed E-state index contributed by atoms with van der Waals surface area (Å²) in [7, 11) is -8.03. The maximum atomic E-state index is 12.3. The summed E-state index contributed by atoms with van der Waals surface area (Å²) in [6.45, 7) is 2.49. The zero-order valence-corrected chi connectivity index (χ0v) is 23.8. The summed E-state index contributed by atoms with van der Waals surface area (Å²) >= 11 is 0. The minimum absolute atomic E-state index is 0.128. The number of para-hydroxylation sites is 1. The van der Waals surface area contributed by atoms with Gasteiger partial charge in [0.05, 0.1) is 18.2 Å². The molecule has 6 nitrogen and oxygen atoms in total. The van der Waals surface area contributed by atoms with E-state index in [2.05, 4.69) is 65.6 Å². The van der Waals surface area contributed by atoms with Crippen molar-refractivity contribution in [1.82, 2.24) is 4.90 Å². The molecule has 2 aliphatic rings. The molecule has 3 aromatic carbocycles. The second-order valence-electron chi connectivity index (χ2n) is 9.97. The Morgan fingerprint density at radius 1 is 0.744 bits per heavy atom. The van der Waals surface area contributed by atoms with Gasteiger partial charge in [-0.3, -0.25) is 4.90 Å². The van der Waals surface area contributed by atoms with Crippen molar-refractivity contribution in [3.05, 3.63) is 112 Å². The molecule has 0 saturated carbocycles. The second kappa shape index (κ2) is 11.0. The summed E-state index contributed by atoms with van der Waals surface area (Å²) in [6.07, 6.45) is 11.9. The predicted octanol–water partition coefficient (Wildman–Crippen LogP) is 5.51. The van der Waals surface area contributed by atoms with Gasteiger partial charge in [0.1, 0.15) is 0 Å². The van der Waals surface area contributed by atoms with Gasteiger partial charge in [0.25, 0.3) is 0 Å². The van der Waals surface area contributed by atoms with Crippen LogP contribution in [0.2, 0.25) is 0 Å². The highest BCUT2D eigenvalue weighted by Crippen LogP contribution is 2.38. The number of rotatable bonds is 6. The minimum Gasteiger partial charge on any atom is -0.299 e. The van der Waals surface area contributed by atoms with Crippen LogP contribution in [0.15, 0.2) is 84.4 Å². The average molecular weight is 561 g/mol. The Hall–Kier alpha value is -3.46. The van der Waals surface area contributed by atoms with Crippen molar-refractivity contribution in [1.29, 1.82) is 0 Å². The Labute approximate surface area is 231 Å². The molecular formula is C31H32N2O4S2. The fourth-order valence-corrected chi connectivity index (χ4v) is 8.44. The van der Waals surface area contributed by atoms with Crippen LogP contribution in [0.3, 0.4) is 0 Å². The Morgan fingerprint density at radius 2 is 1.26 bits per heavy atom. The maximum absolute atomic E-state index is 12.3. The van der Waals surface area contributed by atoms with Crippen LogP contribution in [-0.4, -0.2) is 53.9 Å². The largest absolute Gasteiger partial charge is 0.299 e. The topological polar surface area (TPSA) is 74.8 Å². The number of nitrogens with zero attached hydrogens (tertiary/aromatic N) is 2. The van der Waals surface area contributed by atoms with Gasteiger partial charge in [0.2, 0.25) is 20.0 Å². The fourth-order valence-electron chi connectivity index (χ4n) is 5.43. The van der Waals surface area contributed by atoms with E-state index in [1.165, 1.54) is 39.5 Å². The molecule has 8 heteroatoms. The number of hydrogen-bond acceptors (Lipinski definition) is 5. The van der Waals surface area contributed by atoms with Crippen molar-refractivity contribution in [2.75, 3.05) is 35.9 Å². The highest BCUT2D eigenvalue weighted by molar-refractivity contribution is 8.09. The lowest BCUT2D eigenvalue weighted by Gasteiger charge is -2.29. The van der Waals surface area contributed by atoms with Crippen LogP contribution in [0.5, 0.6) is 0 Å². The highest BCUT2D eigenvalue weighted by atomic mass is 32.3. The number of anilines is 1. The molecule has 1 saturated heterocycles. The third-order valence-electron chi connectivity index (χ3n) is 7.11. The molecule has 0 atom stereocenters. The molecule has 0 radical (unpaired) electrons. The minimum atomic E-state index is -4.01. The number of piperidine rings is 1. The summed E-state index contributed by atoms with van der Waals surface area (Å²) in [5, 5.41) is 0. The molecule has 5 rings (SSSR count). The van der Waals surface area contributed by atoms with Crippen molar-refractivity contribution >= 4 is 49.5 Å². The van der Waals surface area contributed by atoms with Gasteiger partial charge in [0, 0.05) is 19.6 Å². The zero-order valence-electron chi connectivity index (χ0n) is 22.1. The molecule has 1 heterocycles. The third kappa shape index (κ3) is 5.93. The van der Waals surface area contributed by atoms with Gasteiger partial charge in [-0.05, 0) is 52.3 Å². The molecule has 1 fully saturated rings. The van der Waals surface area contributed by atoms with Gasteiger partial charge in [-0.15, -0.1) is 0 Å². The highest BCUT2D eigenvalue weighted by Gasteiger charge is 2.28. The van der Waals surface area contributed by atoms with Gasteiger partial charge in [-0.1, -0.05) is 96.6 Å². The molecule has 0 aromatic heterocycles. The van der Waals surface area contributed by atoms with Crippen molar-refractivity contribution in [3.63, 3.8) is 0 Å². The second-order valence-corrected chi connectivity index (χ2v) is 13.9. The number of fused-ring (bicyclic) bond motifs is 2. The lowest BCUT2D eigenvalue weighted by Crippen LogP contribution is -2.35. The zero-order chi connectivity index (χ0) is 27.6. The number of benzene rings is 3.